The Morgan fingerprint density at radius 2 is 1.66 bits per heavy atom. The number of likely N-dealkylation sites (N-methyl/N-ethyl adjacent to an activating group) is 1. The van der Waals surface area contributed by atoms with Crippen LogP contribution in [0.2, 0.25) is 0 Å². The maximum absolute atomic E-state index is 13.3. The first-order valence-electron chi connectivity index (χ1n) is 12.5. The highest BCUT2D eigenvalue weighted by Gasteiger charge is 2.67. The molecule has 182 valence electrons. The number of rotatable bonds is 6. The van der Waals surface area contributed by atoms with Gasteiger partial charge in [0, 0.05) is 19.0 Å². The number of carboxylic acid groups (broad SMARTS) is 1. The molecule has 0 aliphatic heterocycles. The van der Waals surface area contributed by atoms with E-state index in [1.165, 1.54) is 27.2 Å². The second-order valence-electron chi connectivity index (χ2n) is 10.7. The van der Waals surface area contributed by atoms with E-state index >= 15 is 0 Å². The van der Waals surface area contributed by atoms with E-state index in [-0.39, 0.29) is 30.4 Å². The Morgan fingerprint density at radius 1 is 1.03 bits per heavy atom. The Balaban J connectivity index is 1.08. The molecule has 0 bridgehead atoms. The lowest BCUT2D eigenvalue weighted by Crippen LogP contribution is -2.61. The van der Waals surface area contributed by atoms with Crippen LogP contribution >= 0.6 is 0 Å². The molecule has 2 aromatic rings. The third kappa shape index (κ3) is 3.27. The van der Waals surface area contributed by atoms with Gasteiger partial charge in [0.1, 0.15) is 12.1 Å². The van der Waals surface area contributed by atoms with Gasteiger partial charge >= 0.3 is 12.1 Å². The van der Waals surface area contributed by atoms with Gasteiger partial charge < -0.3 is 20.1 Å². The summed E-state index contributed by atoms with van der Waals surface area (Å²) in [6.45, 7) is 0.254. The van der Waals surface area contributed by atoms with E-state index in [1.54, 1.807) is 7.05 Å². The predicted molar refractivity (Wildman–Crippen MR) is 129 cm³/mol. The summed E-state index contributed by atoms with van der Waals surface area (Å²) in [7, 11) is 1.63. The number of aliphatic carboxylic acids is 1. The van der Waals surface area contributed by atoms with Crippen molar-refractivity contribution in [3.63, 3.8) is 0 Å². The Bertz CT molecular complexity index is 1180. The van der Waals surface area contributed by atoms with Crippen LogP contribution in [-0.2, 0) is 14.3 Å². The zero-order chi connectivity index (χ0) is 24.4. The second-order valence-corrected chi connectivity index (χ2v) is 10.7. The molecule has 0 heterocycles. The number of benzene rings is 2. The molecule has 2 amide bonds. The number of ether oxygens (including phenoxy) is 1. The van der Waals surface area contributed by atoms with Gasteiger partial charge in [-0.3, -0.25) is 4.79 Å². The van der Waals surface area contributed by atoms with Crippen LogP contribution in [0.4, 0.5) is 4.79 Å². The minimum absolute atomic E-state index is 0.00128. The summed E-state index contributed by atoms with van der Waals surface area (Å²) in [6, 6.07) is 16.3. The van der Waals surface area contributed by atoms with Gasteiger partial charge in [0.25, 0.3) is 0 Å². The van der Waals surface area contributed by atoms with Crippen LogP contribution < -0.4 is 5.32 Å². The first kappa shape index (κ1) is 22.1. The number of amides is 2. The summed E-state index contributed by atoms with van der Waals surface area (Å²) in [5.41, 5.74) is 3.11. The van der Waals surface area contributed by atoms with Crippen molar-refractivity contribution >= 4 is 18.0 Å². The van der Waals surface area contributed by atoms with Gasteiger partial charge in [-0.2, -0.15) is 0 Å². The highest BCUT2D eigenvalue weighted by molar-refractivity contribution is 5.93. The zero-order valence-electron chi connectivity index (χ0n) is 19.8. The highest BCUT2D eigenvalue weighted by Crippen LogP contribution is 2.65. The first-order valence-corrected chi connectivity index (χ1v) is 12.5. The molecule has 35 heavy (non-hydrogen) atoms. The third-order valence-corrected chi connectivity index (χ3v) is 9.03. The molecular weight excluding hydrogens is 444 g/mol. The fourth-order valence-corrected chi connectivity index (χ4v) is 6.80. The summed E-state index contributed by atoms with van der Waals surface area (Å²) in [5.74, 6) is -0.801. The number of hydrogen-bond donors (Lipinski definition) is 2. The number of nitrogens with zero attached hydrogens (tertiary/aromatic N) is 1. The highest BCUT2D eigenvalue weighted by atomic mass is 16.5. The molecule has 0 unspecified atom stereocenters. The normalized spacial score (nSPS) is 27.1. The molecular formula is C28H30N2O5. The quantitative estimate of drug-likeness (QED) is 0.656. The SMILES string of the molecule is CN(C(=O)[C@@]12C[C@@H](NC(=O)OCC3c4ccccc4-c4ccccc43)C[C@@H]1C2)C1(C(=O)O)CCC1. The fourth-order valence-electron chi connectivity index (χ4n) is 6.80. The fraction of sp³-hybridized carbons (Fsp3) is 0.464. The Hall–Kier alpha value is -3.35. The van der Waals surface area contributed by atoms with Crippen LogP contribution in [0.5, 0.6) is 0 Å². The average Bonchev–Trinajstić information content (AvgIpc) is 3.24. The molecule has 0 spiro atoms. The van der Waals surface area contributed by atoms with Crippen molar-refractivity contribution in [3.05, 3.63) is 59.7 Å². The third-order valence-electron chi connectivity index (χ3n) is 9.03. The number of carbonyl (C=O) groups excluding carboxylic acids is 2. The van der Waals surface area contributed by atoms with Gasteiger partial charge in [-0.1, -0.05) is 48.5 Å². The maximum atomic E-state index is 13.3. The number of fused-ring (bicyclic) bond motifs is 4. The molecule has 0 saturated heterocycles. The Kier molecular flexibility index (Phi) is 4.95. The standard InChI is InChI=1S/C28H30N2O5/c1-30(28(25(32)33)11-6-12-28)24(31)27-14-17(27)13-18(15-27)29-26(34)35-16-23-21-9-4-2-7-19(21)20-8-3-5-10-22(20)23/h2-5,7-10,17-18,23H,6,11-16H2,1H3,(H,29,34)(H,32,33)/t17-,18+,27+/m1/s1. The predicted octanol–water partition coefficient (Wildman–Crippen LogP) is 4.16. The summed E-state index contributed by atoms with van der Waals surface area (Å²) in [5, 5.41) is 12.7. The molecule has 3 atom stereocenters. The molecule has 3 fully saturated rings. The summed E-state index contributed by atoms with van der Waals surface area (Å²) < 4.78 is 5.68. The topological polar surface area (TPSA) is 95.9 Å². The van der Waals surface area contributed by atoms with Crippen LogP contribution in [0.15, 0.2) is 48.5 Å². The van der Waals surface area contributed by atoms with Crippen LogP contribution in [0, 0.1) is 11.3 Å². The lowest BCUT2D eigenvalue weighted by Gasteiger charge is -2.46. The van der Waals surface area contributed by atoms with Crippen molar-refractivity contribution in [1.82, 2.24) is 10.2 Å². The molecule has 4 aliphatic carbocycles. The molecule has 7 nitrogen and oxygen atoms in total. The second kappa shape index (κ2) is 7.83. The van der Waals surface area contributed by atoms with Crippen LogP contribution in [0.25, 0.3) is 11.1 Å². The van der Waals surface area contributed by atoms with Gasteiger partial charge in [-0.15, -0.1) is 0 Å². The van der Waals surface area contributed by atoms with E-state index in [4.69, 9.17) is 4.74 Å². The smallest absolute Gasteiger partial charge is 0.407 e. The van der Waals surface area contributed by atoms with Gasteiger partial charge in [0.15, 0.2) is 0 Å². The van der Waals surface area contributed by atoms with Crippen molar-refractivity contribution in [2.45, 2.75) is 56.0 Å². The monoisotopic (exact) mass is 474 g/mol. The zero-order valence-corrected chi connectivity index (χ0v) is 19.8. The largest absolute Gasteiger partial charge is 0.479 e. The molecule has 3 saturated carbocycles. The van der Waals surface area contributed by atoms with Crippen LogP contribution in [0.1, 0.15) is 55.6 Å². The summed E-state index contributed by atoms with van der Waals surface area (Å²) >= 11 is 0. The van der Waals surface area contributed by atoms with Gasteiger partial charge in [-0.05, 0) is 66.7 Å². The average molecular weight is 475 g/mol. The maximum Gasteiger partial charge on any atom is 0.407 e. The lowest BCUT2D eigenvalue weighted by atomic mass is 9.75. The number of alkyl carbamates (subject to hydrolysis) is 1. The Labute approximate surface area is 204 Å². The van der Waals surface area contributed by atoms with Crippen LogP contribution in [-0.4, -0.2) is 53.2 Å². The molecule has 0 radical (unpaired) electrons. The summed E-state index contributed by atoms with van der Waals surface area (Å²) in [6.07, 6.45) is 3.42. The lowest BCUT2D eigenvalue weighted by molar-refractivity contribution is -0.166. The molecule has 0 aromatic heterocycles. The molecule has 2 aromatic carbocycles. The number of carbonyl (C=O) groups is 3. The minimum Gasteiger partial charge on any atom is -0.479 e. The van der Waals surface area contributed by atoms with Crippen molar-refractivity contribution < 1.29 is 24.2 Å². The van der Waals surface area contributed by atoms with Crippen molar-refractivity contribution in [2.75, 3.05) is 13.7 Å². The summed E-state index contributed by atoms with van der Waals surface area (Å²) in [4.78, 5) is 39.4. The first-order chi connectivity index (χ1) is 16.9. The van der Waals surface area contributed by atoms with E-state index < -0.39 is 23.0 Å². The Morgan fingerprint density at radius 3 is 2.23 bits per heavy atom. The van der Waals surface area contributed by atoms with E-state index in [1.807, 2.05) is 24.3 Å². The van der Waals surface area contributed by atoms with E-state index in [0.717, 1.165) is 19.3 Å². The molecule has 2 N–H and O–H groups in total. The minimum atomic E-state index is -1.06. The number of carboxylic acids is 1. The number of nitrogens with one attached hydrogen (secondary N) is 1. The van der Waals surface area contributed by atoms with Gasteiger partial charge in [0.05, 0.1) is 5.41 Å². The molecule has 7 heteroatoms. The van der Waals surface area contributed by atoms with Crippen LogP contribution in [0.3, 0.4) is 0 Å². The molecule has 6 rings (SSSR count). The van der Waals surface area contributed by atoms with Gasteiger partial charge in [0.2, 0.25) is 5.91 Å². The van der Waals surface area contributed by atoms with Crippen molar-refractivity contribution in [3.8, 4) is 11.1 Å². The van der Waals surface area contributed by atoms with E-state index in [2.05, 4.69) is 29.6 Å². The number of hydrogen-bond acceptors (Lipinski definition) is 4. The molecule has 4 aliphatic rings. The van der Waals surface area contributed by atoms with Crippen molar-refractivity contribution in [1.29, 1.82) is 0 Å². The van der Waals surface area contributed by atoms with E-state index in [0.29, 0.717) is 19.3 Å². The van der Waals surface area contributed by atoms with Gasteiger partial charge in [-0.25, -0.2) is 9.59 Å². The van der Waals surface area contributed by atoms with Crippen molar-refractivity contribution in [2.24, 2.45) is 11.3 Å². The van der Waals surface area contributed by atoms with E-state index in [9.17, 15) is 19.5 Å².